The highest BCUT2D eigenvalue weighted by molar-refractivity contribution is 5.55. The molecular weight excluding hydrogens is 258 g/mol. The van der Waals surface area contributed by atoms with E-state index in [2.05, 4.69) is 36.5 Å². The first-order valence-electron chi connectivity index (χ1n) is 8.68. The van der Waals surface area contributed by atoms with Gasteiger partial charge in [0, 0.05) is 25.4 Å². The van der Waals surface area contributed by atoms with E-state index in [-0.39, 0.29) is 0 Å². The lowest BCUT2D eigenvalue weighted by atomic mass is 9.83. The van der Waals surface area contributed by atoms with Crippen LogP contribution >= 0.6 is 0 Å². The summed E-state index contributed by atoms with van der Waals surface area (Å²) in [6.07, 6.45) is 13.7. The first-order chi connectivity index (χ1) is 10.2. The normalized spacial score (nSPS) is 17.4. The molecule has 0 radical (unpaired) electrons. The van der Waals surface area contributed by atoms with Gasteiger partial charge in [-0.3, -0.25) is 4.68 Å². The van der Waals surface area contributed by atoms with Crippen LogP contribution in [0.4, 0.5) is 0 Å². The number of nitrogens with zero attached hydrogens (tertiary/aromatic N) is 2. The summed E-state index contributed by atoms with van der Waals surface area (Å²) >= 11 is 0. The summed E-state index contributed by atoms with van der Waals surface area (Å²) in [5.41, 5.74) is 4.13. The average Bonchev–Trinajstić information content (AvgIpc) is 2.87. The lowest BCUT2D eigenvalue weighted by Gasteiger charge is -2.25. The molecule has 0 spiro atoms. The summed E-state index contributed by atoms with van der Waals surface area (Å²) in [4.78, 5) is 0. The SMILES string of the molecule is CCCNCC(=Cc1cn(C)nc1CC)C1CCCCC1. The predicted molar refractivity (Wildman–Crippen MR) is 90.3 cm³/mol. The van der Waals surface area contributed by atoms with Crippen molar-refractivity contribution in [2.75, 3.05) is 13.1 Å². The van der Waals surface area contributed by atoms with E-state index in [1.807, 2.05) is 11.7 Å². The molecule has 0 bridgehead atoms. The Morgan fingerprint density at radius 2 is 2.10 bits per heavy atom. The van der Waals surface area contributed by atoms with E-state index in [0.717, 1.165) is 25.4 Å². The van der Waals surface area contributed by atoms with E-state index >= 15 is 0 Å². The van der Waals surface area contributed by atoms with Crippen molar-refractivity contribution in [3.63, 3.8) is 0 Å². The molecule has 1 fully saturated rings. The zero-order chi connectivity index (χ0) is 15.1. The molecule has 0 aliphatic heterocycles. The van der Waals surface area contributed by atoms with Crippen LogP contribution in [-0.2, 0) is 13.5 Å². The van der Waals surface area contributed by atoms with Gasteiger partial charge in [0.15, 0.2) is 0 Å². The van der Waals surface area contributed by atoms with E-state index in [1.165, 1.54) is 49.8 Å². The molecule has 3 heteroatoms. The van der Waals surface area contributed by atoms with Crippen LogP contribution < -0.4 is 5.32 Å². The second kappa shape index (κ2) is 8.38. The Kier molecular flexibility index (Phi) is 6.50. The molecule has 1 aliphatic rings. The molecule has 3 nitrogen and oxygen atoms in total. The van der Waals surface area contributed by atoms with Gasteiger partial charge in [0.05, 0.1) is 5.69 Å². The molecule has 2 rings (SSSR count). The standard InChI is InChI=1S/C18H31N3/c1-4-11-19-13-16(15-9-7-6-8-10-15)12-17-14-21(3)20-18(17)5-2/h12,14-15,19H,4-11,13H2,1-3H3. The highest BCUT2D eigenvalue weighted by Gasteiger charge is 2.18. The number of hydrogen-bond acceptors (Lipinski definition) is 2. The smallest absolute Gasteiger partial charge is 0.0694 e. The van der Waals surface area contributed by atoms with Crippen molar-refractivity contribution < 1.29 is 0 Å². The van der Waals surface area contributed by atoms with E-state index in [1.54, 1.807) is 5.57 Å². The van der Waals surface area contributed by atoms with Gasteiger partial charge in [0.25, 0.3) is 0 Å². The Bertz CT molecular complexity index is 453. The van der Waals surface area contributed by atoms with Crippen molar-refractivity contribution in [2.24, 2.45) is 13.0 Å². The fraction of sp³-hybridized carbons (Fsp3) is 0.722. The maximum absolute atomic E-state index is 4.58. The second-order valence-corrected chi connectivity index (χ2v) is 6.29. The Morgan fingerprint density at radius 3 is 2.76 bits per heavy atom. The third-order valence-corrected chi connectivity index (χ3v) is 4.50. The van der Waals surface area contributed by atoms with Gasteiger partial charge >= 0.3 is 0 Å². The number of nitrogens with one attached hydrogen (secondary N) is 1. The van der Waals surface area contributed by atoms with Crippen molar-refractivity contribution in [3.8, 4) is 0 Å². The Labute approximate surface area is 129 Å². The van der Waals surface area contributed by atoms with Crippen LogP contribution in [0.3, 0.4) is 0 Å². The minimum Gasteiger partial charge on any atom is -0.313 e. The van der Waals surface area contributed by atoms with Crippen LogP contribution in [-0.4, -0.2) is 22.9 Å². The molecule has 1 aromatic heterocycles. The maximum Gasteiger partial charge on any atom is 0.0694 e. The number of hydrogen-bond donors (Lipinski definition) is 1. The van der Waals surface area contributed by atoms with Gasteiger partial charge in [-0.25, -0.2) is 0 Å². The fourth-order valence-corrected chi connectivity index (χ4v) is 3.34. The predicted octanol–water partition coefficient (Wildman–Crippen LogP) is 3.95. The van der Waals surface area contributed by atoms with E-state index in [9.17, 15) is 0 Å². The van der Waals surface area contributed by atoms with Crippen LogP contribution in [0.25, 0.3) is 6.08 Å². The molecule has 0 atom stereocenters. The molecule has 0 unspecified atom stereocenters. The summed E-state index contributed by atoms with van der Waals surface area (Å²) in [7, 11) is 2.02. The van der Waals surface area contributed by atoms with Crippen molar-refractivity contribution >= 4 is 6.08 Å². The molecule has 21 heavy (non-hydrogen) atoms. The van der Waals surface area contributed by atoms with Gasteiger partial charge < -0.3 is 5.32 Å². The first kappa shape index (κ1) is 16.3. The molecular formula is C18H31N3. The van der Waals surface area contributed by atoms with Crippen molar-refractivity contribution in [2.45, 2.75) is 58.8 Å². The average molecular weight is 289 g/mol. The van der Waals surface area contributed by atoms with Gasteiger partial charge in [-0.05, 0) is 38.1 Å². The third-order valence-electron chi connectivity index (χ3n) is 4.50. The third kappa shape index (κ3) is 4.70. The van der Waals surface area contributed by atoms with Gasteiger partial charge in [0.1, 0.15) is 0 Å². The van der Waals surface area contributed by atoms with Crippen LogP contribution in [0.2, 0.25) is 0 Å². The molecule has 0 aromatic carbocycles. The van der Waals surface area contributed by atoms with Gasteiger partial charge in [0.2, 0.25) is 0 Å². The van der Waals surface area contributed by atoms with Gasteiger partial charge in [-0.15, -0.1) is 0 Å². The lowest BCUT2D eigenvalue weighted by molar-refractivity contribution is 0.396. The Balaban J connectivity index is 2.17. The zero-order valence-corrected chi connectivity index (χ0v) is 14.0. The summed E-state index contributed by atoms with van der Waals surface area (Å²) in [6.45, 7) is 6.57. The summed E-state index contributed by atoms with van der Waals surface area (Å²) in [5.74, 6) is 0.771. The van der Waals surface area contributed by atoms with Crippen LogP contribution in [0, 0.1) is 5.92 Å². The molecule has 1 aromatic rings. The highest BCUT2D eigenvalue weighted by atomic mass is 15.2. The first-order valence-corrected chi connectivity index (χ1v) is 8.68. The monoisotopic (exact) mass is 289 g/mol. The molecule has 0 saturated heterocycles. The molecule has 1 saturated carbocycles. The molecule has 118 valence electrons. The van der Waals surface area contributed by atoms with E-state index in [0.29, 0.717) is 0 Å². The number of aryl methyl sites for hydroxylation is 2. The van der Waals surface area contributed by atoms with E-state index < -0.39 is 0 Å². The van der Waals surface area contributed by atoms with Crippen LogP contribution in [0.1, 0.15) is 63.6 Å². The van der Waals surface area contributed by atoms with Crippen LogP contribution in [0.5, 0.6) is 0 Å². The van der Waals surface area contributed by atoms with Crippen molar-refractivity contribution in [1.29, 1.82) is 0 Å². The molecule has 0 amide bonds. The Morgan fingerprint density at radius 1 is 1.33 bits per heavy atom. The van der Waals surface area contributed by atoms with Gasteiger partial charge in [-0.2, -0.15) is 5.10 Å². The molecule has 1 heterocycles. The minimum atomic E-state index is 0.771. The van der Waals surface area contributed by atoms with Crippen molar-refractivity contribution in [1.82, 2.24) is 15.1 Å². The largest absolute Gasteiger partial charge is 0.313 e. The number of aromatic nitrogens is 2. The topological polar surface area (TPSA) is 29.9 Å². The van der Waals surface area contributed by atoms with Gasteiger partial charge in [-0.1, -0.05) is 44.8 Å². The summed E-state index contributed by atoms with van der Waals surface area (Å²) < 4.78 is 1.95. The van der Waals surface area contributed by atoms with Crippen LogP contribution in [0.15, 0.2) is 11.8 Å². The minimum absolute atomic E-state index is 0.771. The zero-order valence-electron chi connectivity index (χ0n) is 14.0. The highest BCUT2D eigenvalue weighted by Crippen LogP contribution is 2.31. The molecule has 1 N–H and O–H groups in total. The molecule has 1 aliphatic carbocycles. The Hall–Kier alpha value is -1.09. The maximum atomic E-state index is 4.58. The summed E-state index contributed by atoms with van der Waals surface area (Å²) in [6, 6.07) is 0. The fourth-order valence-electron chi connectivity index (χ4n) is 3.34. The quantitative estimate of drug-likeness (QED) is 0.770. The number of rotatable bonds is 7. The van der Waals surface area contributed by atoms with Crippen molar-refractivity contribution in [3.05, 3.63) is 23.0 Å². The lowest BCUT2D eigenvalue weighted by Crippen LogP contribution is -2.23. The second-order valence-electron chi connectivity index (χ2n) is 6.29. The van der Waals surface area contributed by atoms with E-state index in [4.69, 9.17) is 0 Å². The summed E-state index contributed by atoms with van der Waals surface area (Å²) in [5, 5.41) is 8.18.